The number of nitrogens with zero attached hydrogens (tertiary/aromatic N) is 1. The molecule has 0 aromatic rings. The van der Waals surface area contributed by atoms with E-state index in [1.807, 2.05) is 7.05 Å². The molecule has 0 atom stereocenters. The van der Waals surface area contributed by atoms with Gasteiger partial charge in [-0.1, -0.05) is 0 Å². The Balaban J connectivity index is 3.83. The Morgan fingerprint density at radius 1 is 1.54 bits per heavy atom. The minimum atomic E-state index is 0.00421. The lowest BCUT2D eigenvalue weighted by Crippen LogP contribution is -2.37. The highest BCUT2D eigenvalue weighted by molar-refractivity contribution is 5.74. The van der Waals surface area contributed by atoms with Crippen LogP contribution in [0.3, 0.4) is 0 Å². The van der Waals surface area contributed by atoms with Gasteiger partial charge in [-0.05, 0) is 27.3 Å². The highest BCUT2D eigenvalue weighted by Crippen LogP contribution is 2.11. The molecule has 0 spiro atoms. The van der Waals surface area contributed by atoms with Crippen LogP contribution >= 0.6 is 0 Å². The van der Waals surface area contributed by atoms with Gasteiger partial charge in [0, 0.05) is 19.0 Å². The lowest BCUT2D eigenvalue weighted by molar-refractivity contribution is -0.169. The summed E-state index contributed by atoms with van der Waals surface area (Å²) in [6, 6.07) is 0. The number of carbonyl (C=O) groups excluding carboxylic acids is 1. The van der Waals surface area contributed by atoms with Gasteiger partial charge >= 0.3 is 0 Å². The van der Waals surface area contributed by atoms with Gasteiger partial charge in [0.15, 0.2) is 0 Å². The van der Waals surface area contributed by atoms with Crippen molar-refractivity contribution < 1.29 is 9.63 Å². The number of hydrogen-bond donors (Lipinski definition) is 1. The van der Waals surface area contributed by atoms with E-state index in [0.29, 0.717) is 6.42 Å². The van der Waals surface area contributed by atoms with E-state index in [4.69, 9.17) is 4.84 Å². The fraction of sp³-hybridized carbons (Fsp3) is 0.889. The van der Waals surface area contributed by atoms with Crippen LogP contribution in [0.1, 0.15) is 26.7 Å². The number of rotatable bonds is 5. The van der Waals surface area contributed by atoms with Gasteiger partial charge in [0.1, 0.15) is 0 Å². The van der Waals surface area contributed by atoms with Crippen LogP contribution in [0.4, 0.5) is 0 Å². The maximum atomic E-state index is 11.3. The first-order valence-electron chi connectivity index (χ1n) is 4.42. The SMILES string of the molecule is CNC(C)(C)CCC(=O)N(C)OC. The van der Waals surface area contributed by atoms with E-state index in [9.17, 15) is 4.79 Å². The summed E-state index contributed by atoms with van der Waals surface area (Å²) in [5, 5.41) is 4.40. The van der Waals surface area contributed by atoms with Crippen molar-refractivity contribution in [1.82, 2.24) is 10.4 Å². The second-order valence-electron chi connectivity index (χ2n) is 3.71. The minimum Gasteiger partial charge on any atom is -0.315 e. The molecule has 0 saturated heterocycles. The minimum absolute atomic E-state index is 0.00421. The van der Waals surface area contributed by atoms with E-state index >= 15 is 0 Å². The average Bonchev–Trinajstić information content (AvgIpc) is 2.13. The molecule has 0 aliphatic rings. The first-order chi connectivity index (χ1) is 5.93. The summed E-state index contributed by atoms with van der Waals surface area (Å²) in [7, 11) is 5.00. The molecule has 1 amide bonds. The van der Waals surface area contributed by atoms with Crippen molar-refractivity contribution in [3.8, 4) is 0 Å². The fourth-order valence-corrected chi connectivity index (χ4v) is 0.804. The van der Waals surface area contributed by atoms with E-state index in [1.165, 1.54) is 12.2 Å². The number of hydroxylamine groups is 2. The summed E-state index contributed by atoms with van der Waals surface area (Å²) in [6.45, 7) is 4.13. The van der Waals surface area contributed by atoms with Crippen LogP contribution in [0, 0.1) is 0 Å². The van der Waals surface area contributed by atoms with Crippen molar-refractivity contribution >= 4 is 5.91 Å². The van der Waals surface area contributed by atoms with Gasteiger partial charge < -0.3 is 5.32 Å². The first-order valence-corrected chi connectivity index (χ1v) is 4.42. The zero-order valence-electron chi connectivity index (χ0n) is 9.18. The molecule has 1 N–H and O–H groups in total. The third-order valence-corrected chi connectivity index (χ3v) is 2.27. The second-order valence-corrected chi connectivity index (χ2v) is 3.71. The van der Waals surface area contributed by atoms with Crippen LogP contribution in [-0.2, 0) is 9.63 Å². The molecule has 0 rings (SSSR count). The molecule has 0 radical (unpaired) electrons. The van der Waals surface area contributed by atoms with Crippen LogP contribution in [0.25, 0.3) is 0 Å². The van der Waals surface area contributed by atoms with Crippen molar-refractivity contribution in [1.29, 1.82) is 0 Å². The second kappa shape index (κ2) is 5.19. The standard InChI is InChI=1S/C9H20N2O2/c1-9(2,10-3)7-6-8(12)11(4)13-5/h10H,6-7H2,1-5H3. The number of nitrogens with one attached hydrogen (secondary N) is 1. The molecule has 78 valence electrons. The number of hydrogen-bond acceptors (Lipinski definition) is 3. The summed E-state index contributed by atoms with van der Waals surface area (Å²) in [6.07, 6.45) is 1.30. The molecule has 0 fully saturated rings. The van der Waals surface area contributed by atoms with Gasteiger partial charge in [0.2, 0.25) is 5.91 Å². The van der Waals surface area contributed by atoms with E-state index in [1.54, 1.807) is 7.05 Å². The van der Waals surface area contributed by atoms with Gasteiger partial charge in [0.05, 0.1) is 7.11 Å². The monoisotopic (exact) mass is 188 g/mol. The maximum Gasteiger partial charge on any atom is 0.245 e. The molecule has 0 aliphatic carbocycles. The third kappa shape index (κ3) is 4.85. The molecule has 0 aromatic heterocycles. The quantitative estimate of drug-likeness (QED) is 0.648. The molecule has 0 aliphatic heterocycles. The van der Waals surface area contributed by atoms with Crippen molar-refractivity contribution in [3.05, 3.63) is 0 Å². The Labute approximate surface area is 80.2 Å². The third-order valence-electron chi connectivity index (χ3n) is 2.27. The molecule has 0 saturated carbocycles. The molecule has 4 nitrogen and oxygen atoms in total. The smallest absolute Gasteiger partial charge is 0.245 e. The zero-order valence-corrected chi connectivity index (χ0v) is 9.18. The summed E-state index contributed by atoms with van der Waals surface area (Å²) in [5.74, 6) is 0.00539. The fourth-order valence-electron chi connectivity index (χ4n) is 0.804. The molecule has 0 heterocycles. The molecule has 0 aromatic carbocycles. The van der Waals surface area contributed by atoms with Crippen molar-refractivity contribution in [2.45, 2.75) is 32.2 Å². The van der Waals surface area contributed by atoms with Crippen LogP contribution in [0.15, 0.2) is 0 Å². The van der Waals surface area contributed by atoms with Crippen LogP contribution < -0.4 is 5.32 Å². The Hall–Kier alpha value is -0.610. The summed E-state index contributed by atoms with van der Waals surface area (Å²) in [5.41, 5.74) is 0.00421. The Morgan fingerprint density at radius 2 is 2.08 bits per heavy atom. The average molecular weight is 188 g/mol. The number of carbonyl (C=O) groups is 1. The highest BCUT2D eigenvalue weighted by Gasteiger charge is 2.17. The van der Waals surface area contributed by atoms with Gasteiger partial charge in [-0.3, -0.25) is 9.63 Å². The first kappa shape index (κ1) is 12.4. The van der Waals surface area contributed by atoms with Gasteiger partial charge in [-0.25, -0.2) is 5.06 Å². The maximum absolute atomic E-state index is 11.3. The van der Waals surface area contributed by atoms with Gasteiger partial charge in [-0.2, -0.15) is 0 Å². The zero-order chi connectivity index (χ0) is 10.5. The molecule has 0 unspecified atom stereocenters. The van der Waals surface area contributed by atoms with Crippen molar-refractivity contribution in [2.75, 3.05) is 21.2 Å². The lowest BCUT2D eigenvalue weighted by Gasteiger charge is -2.24. The Bertz CT molecular complexity index is 169. The van der Waals surface area contributed by atoms with E-state index in [0.717, 1.165) is 6.42 Å². The van der Waals surface area contributed by atoms with Gasteiger partial charge in [0.25, 0.3) is 0 Å². The Kier molecular flexibility index (Phi) is 4.95. The van der Waals surface area contributed by atoms with Crippen LogP contribution in [0.5, 0.6) is 0 Å². The molecule has 13 heavy (non-hydrogen) atoms. The normalized spacial score (nSPS) is 11.5. The Morgan fingerprint density at radius 3 is 2.46 bits per heavy atom. The number of amides is 1. The van der Waals surface area contributed by atoms with Crippen LogP contribution in [-0.4, -0.2) is 37.7 Å². The highest BCUT2D eigenvalue weighted by atomic mass is 16.7. The van der Waals surface area contributed by atoms with E-state index in [2.05, 4.69) is 19.2 Å². The van der Waals surface area contributed by atoms with E-state index in [-0.39, 0.29) is 11.4 Å². The van der Waals surface area contributed by atoms with Crippen molar-refractivity contribution in [3.63, 3.8) is 0 Å². The van der Waals surface area contributed by atoms with E-state index < -0.39 is 0 Å². The summed E-state index contributed by atoms with van der Waals surface area (Å²) < 4.78 is 0. The summed E-state index contributed by atoms with van der Waals surface area (Å²) in [4.78, 5) is 16.1. The van der Waals surface area contributed by atoms with Gasteiger partial charge in [-0.15, -0.1) is 0 Å². The topological polar surface area (TPSA) is 41.6 Å². The molecule has 4 heteroatoms. The lowest BCUT2D eigenvalue weighted by atomic mass is 9.99. The molecular weight excluding hydrogens is 168 g/mol. The predicted octanol–water partition coefficient (Wildman–Crippen LogP) is 0.784. The predicted molar refractivity (Wildman–Crippen MR) is 52.2 cm³/mol. The molecular formula is C9H20N2O2. The largest absolute Gasteiger partial charge is 0.315 e. The summed E-state index contributed by atoms with van der Waals surface area (Å²) >= 11 is 0. The molecule has 0 bridgehead atoms. The van der Waals surface area contributed by atoms with Crippen molar-refractivity contribution in [2.24, 2.45) is 0 Å². The van der Waals surface area contributed by atoms with Crippen LogP contribution in [0.2, 0.25) is 0 Å².